The minimum Gasteiger partial charge on any atom is -0.404 e. The van der Waals surface area contributed by atoms with Gasteiger partial charge in [-0.25, -0.2) is 14.7 Å². The molecule has 7 nitrogen and oxygen atoms in total. The number of aromatic nitrogens is 2. The van der Waals surface area contributed by atoms with Gasteiger partial charge in [-0.2, -0.15) is 4.98 Å². The Balaban J connectivity index is 1.33. The van der Waals surface area contributed by atoms with Crippen LogP contribution >= 0.6 is 23.2 Å². The van der Waals surface area contributed by atoms with Gasteiger partial charge in [0.2, 0.25) is 15.0 Å². The summed E-state index contributed by atoms with van der Waals surface area (Å²) >= 11 is 13.4. The third-order valence-corrected chi connectivity index (χ3v) is 12.0. The average Bonchev–Trinajstić information content (AvgIpc) is 3.14. The summed E-state index contributed by atoms with van der Waals surface area (Å²) in [5, 5.41) is 6.43. The predicted octanol–water partition coefficient (Wildman–Crippen LogP) is 9.84. The van der Waals surface area contributed by atoms with Crippen LogP contribution < -0.4 is 25.5 Å². The Kier molecular flexibility index (Phi) is 10.4. The summed E-state index contributed by atoms with van der Waals surface area (Å²) in [6, 6.07) is 43.6. The van der Waals surface area contributed by atoms with E-state index >= 15 is 0 Å². The highest BCUT2D eigenvalue weighted by atomic mass is 35.5. The Morgan fingerprint density at radius 3 is 2.02 bits per heavy atom. The quantitative estimate of drug-likeness (QED) is 0.142. The molecule has 0 spiro atoms. The zero-order chi connectivity index (χ0) is 36.2. The second-order valence-electron chi connectivity index (χ2n) is 14.0. The van der Waals surface area contributed by atoms with E-state index in [2.05, 4.69) is 85.7 Å². The lowest BCUT2D eigenvalue weighted by Gasteiger charge is -2.37. The molecule has 0 fully saturated rings. The predicted molar refractivity (Wildman–Crippen MR) is 216 cm³/mol. The number of fused-ring (bicyclic) bond motifs is 1. The number of para-hydroxylation sites is 2. The van der Waals surface area contributed by atoms with Gasteiger partial charge in [-0.05, 0) is 64.2 Å². The molecule has 2 amide bonds. The minimum atomic E-state index is -2.13. The van der Waals surface area contributed by atoms with E-state index in [0.29, 0.717) is 33.2 Å². The van der Waals surface area contributed by atoms with Crippen LogP contribution in [-0.2, 0) is 11.0 Å². The number of nitrogens with zero attached hydrogens (tertiary/aromatic N) is 4. The second kappa shape index (κ2) is 15.3. The lowest BCUT2D eigenvalue weighted by Crippen LogP contribution is -2.46. The molecule has 5 aromatic carbocycles. The molecular formula is C42H39Cl2N5O2Si. The van der Waals surface area contributed by atoms with Crippen molar-refractivity contribution >= 4 is 77.5 Å². The third kappa shape index (κ3) is 7.90. The van der Waals surface area contributed by atoms with Crippen molar-refractivity contribution in [2.24, 2.45) is 5.41 Å². The van der Waals surface area contributed by atoms with Gasteiger partial charge in [-0.3, -0.25) is 4.90 Å². The van der Waals surface area contributed by atoms with E-state index in [-0.39, 0.29) is 24.1 Å². The molecule has 52 heavy (non-hydrogen) atoms. The Bertz CT molecular complexity index is 2110. The van der Waals surface area contributed by atoms with E-state index in [0.717, 1.165) is 23.2 Å². The van der Waals surface area contributed by atoms with E-state index in [1.165, 1.54) is 10.4 Å². The lowest BCUT2D eigenvalue weighted by molar-refractivity contribution is 0.150. The van der Waals surface area contributed by atoms with Gasteiger partial charge in [0.1, 0.15) is 0 Å². The molecule has 10 heteroatoms. The van der Waals surface area contributed by atoms with Crippen molar-refractivity contribution < 1.29 is 9.22 Å². The van der Waals surface area contributed by atoms with E-state index < -0.39 is 9.04 Å². The zero-order valence-electron chi connectivity index (χ0n) is 29.2. The number of hydrogen-bond donors (Lipinski definition) is 1. The monoisotopic (exact) mass is 743 g/mol. The first-order valence-corrected chi connectivity index (χ1v) is 19.6. The molecule has 1 aliphatic heterocycles. The van der Waals surface area contributed by atoms with Crippen LogP contribution in [0.5, 0.6) is 0 Å². The zero-order valence-corrected chi connectivity index (χ0v) is 31.9. The Morgan fingerprint density at radius 1 is 0.808 bits per heavy atom. The fourth-order valence-electron chi connectivity index (χ4n) is 6.45. The Hall–Kier alpha value is -4.99. The van der Waals surface area contributed by atoms with Crippen molar-refractivity contribution in [1.29, 1.82) is 0 Å². The molecule has 1 atom stereocenters. The number of rotatable bonds is 10. The van der Waals surface area contributed by atoms with Crippen LogP contribution in [-0.4, -0.2) is 25.0 Å². The number of amides is 2. The van der Waals surface area contributed by atoms with Crippen molar-refractivity contribution in [3.05, 3.63) is 161 Å². The molecule has 0 saturated carbocycles. The van der Waals surface area contributed by atoms with Crippen molar-refractivity contribution in [2.75, 3.05) is 15.1 Å². The van der Waals surface area contributed by atoms with Crippen LogP contribution in [0.15, 0.2) is 140 Å². The standard InChI is InChI=1S/C42H39Cl2N5O2Si/c1-42(2,3)26-37(51-52(33-19-9-5-10-20-33)34-21-11-6-12-22-34)29-15-13-18-32(25-29)49-39-30(27-45-40(47-39)46-31-16-7-4-8-17-31)28-48(41(49)50)38-35(43)23-14-24-36(38)44/h4-25,27,37,52H,26,28H2,1-3H3,(H,45,46,47). The molecule has 6 aromatic rings. The first kappa shape index (κ1) is 35.4. The number of anilines is 5. The summed E-state index contributed by atoms with van der Waals surface area (Å²) < 4.78 is 7.29. The molecule has 1 aromatic heterocycles. The summed E-state index contributed by atoms with van der Waals surface area (Å²) in [4.78, 5) is 27.5. The van der Waals surface area contributed by atoms with E-state index in [1.807, 2.05) is 60.7 Å². The average molecular weight is 745 g/mol. The number of halogens is 2. The highest BCUT2D eigenvalue weighted by molar-refractivity contribution is 6.80. The summed E-state index contributed by atoms with van der Waals surface area (Å²) in [5.74, 6) is 0.848. The molecule has 1 unspecified atom stereocenters. The second-order valence-corrected chi connectivity index (χ2v) is 17.2. The number of hydrogen-bond acceptors (Lipinski definition) is 5. The van der Waals surface area contributed by atoms with Crippen LogP contribution in [0.2, 0.25) is 10.0 Å². The van der Waals surface area contributed by atoms with E-state index in [9.17, 15) is 4.79 Å². The Morgan fingerprint density at radius 2 is 1.40 bits per heavy atom. The summed E-state index contributed by atoms with van der Waals surface area (Å²) in [5.41, 5.74) is 3.56. The van der Waals surface area contributed by atoms with Gasteiger partial charge >= 0.3 is 6.03 Å². The fraction of sp³-hybridized carbons (Fsp3) is 0.167. The highest BCUT2D eigenvalue weighted by Crippen LogP contribution is 2.42. The van der Waals surface area contributed by atoms with Crippen molar-refractivity contribution in [3.63, 3.8) is 0 Å². The number of carbonyl (C=O) groups is 1. The van der Waals surface area contributed by atoms with Gasteiger partial charge in [0.05, 0.1) is 34.1 Å². The molecule has 0 saturated heterocycles. The van der Waals surface area contributed by atoms with Crippen molar-refractivity contribution in [1.82, 2.24) is 9.97 Å². The molecule has 262 valence electrons. The SMILES string of the molecule is CC(C)(C)CC(O[SiH](c1ccccc1)c1ccccc1)c1cccc(N2C(=O)N(c3c(Cl)cccc3Cl)Cc3cnc(Nc4ccccc4)nc32)c1. The van der Waals surface area contributed by atoms with Crippen LogP contribution in [0.4, 0.5) is 33.6 Å². The van der Waals surface area contributed by atoms with E-state index in [1.54, 1.807) is 34.2 Å². The van der Waals surface area contributed by atoms with Gasteiger partial charge in [-0.1, -0.05) is 141 Å². The number of benzene rings is 5. The molecule has 1 N–H and O–H groups in total. The summed E-state index contributed by atoms with van der Waals surface area (Å²) in [6.45, 7) is 6.87. The van der Waals surface area contributed by atoms with Crippen LogP contribution in [0, 0.1) is 5.41 Å². The van der Waals surface area contributed by atoms with Gasteiger partial charge in [-0.15, -0.1) is 0 Å². The van der Waals surface area contributed by atoms with E-state index in [4.69, 9.17) is 32.6 Å². The summed E-state index contributed by atoms with van der Waals surface area (Å²) in [6.07, 6.45) is 2.25. The van der Waals surface area contributed by atoms with Gasteiger partial charge < -0.3 is 9.74 Å². The molecule has 0 bridgehead atoms. The fourth-order valence-corrected chi connectivity index (χ4v) is 9.48. The molecule has 0 radical (unpaired) electrons. The molecule has 1 aliphatic rings. The lowest BCUT2D eigenvalue weighted by atomic mass is 9.87. The maximum atomic E-state index is 14.8. The van der Waals surface area contributed by atoms with Crippen LogP contribution in [0.1, 0.15) is 44.4 Å². The smallest absolute Gasteiger partial charge is 0.335 e. The maximum absolute atomic E-state index is 14.8. The largest absolute Gasteiger partial charge is 0.404 e. The topological polar surface area (TPSA) is 70.6 Å². The summed E-state index contributed by atoms with van der Waals surface area (Å²) in [7, 11) is -2.13. The number of urea groups is 1. The van der Waals surface area contributed by atoms with Crippen molar-refractivity contribution in [2.45, 2.75) is 39.8 Å². The minimum absolute atomic E-state index is 0.0522. The first-order chi connectivity index (χ1) is 25.1. The van der Waals surface area contributed by atoms with Gasteiger partial charge in [0.25, 0.3) is 0 Å². The number of carbonyl (C=O) groups excluding carboxylic acids is 1. The number of nitrogens with one attached hydrogen (secondary N) is 1. The maximum Gasteiger partial charge on any atom is 0.335 e. The van der Waals surface area contributed by atoms with Crippen LogP contribution in [0.3, 0.4) is 0 Å². The molecule has 2 heterocycles. The Labute approximate surface area is 316 Å². The first-order valence-electron chi connectivity index (χ1n) is 17.2. The molecular weight excluding hydrogens is 705 g/mol. The molecule has 0 aliphatic carbocycles. The highest BCUT2D eigenvalue weighted by Gasteiger charge is 2.37. The van der Waals surface area contributed by atoms with Gasteiger partial charge in [0, 0.05) is 17.4 Å². The van der Waals surface area contributed by atoms with Crippen molar-refractivity contribution in [3.8, 4) is 0 Å². The normalized spacial score (nSPS) is 13.6. The van der Waals surface area contributed by atoms with Gasteiger partial charge in [0.15, 0.2) is 5.82 Å². The molecule has 7 rings (SSSR count). The third-order valence-electron chi connectivity index (χ3n) is 8.84. The van der Waals surface area contributed by atoms with Crippen LogP contribution in [0.25, 0.3) is 0 Å².